The number of likely N-dealkylation sites (tertiary alicyclic amines) is 1. The van der Waals surface area contributed by atoms with Gasteiger partial charge >= 0.3 is 0 Å². The van der Waals surface area contributed by atoms with Crippen LogP contribution in [0.1, 0.15) is 42.6 Å². The molecule has 1 aromatic rings. The van der Waals surface area contributed by atoms with Crippen LogP contribution in [0.25, 0.3) is 0 Å². The van der Waals surface area contributed by atoms with E-state index in [0.717, 1.165) is 11.3 Å². The van der Waals surface area contributed by atoms with Gasteiger partial charge in [-0.05, 0) is 57.4 Å². The van der Waals surface area contributed by atoms with Crippen molar-refractivity contribution in [3.63, 3.8) is 0 Å². The largest absolute Gasteiger partial charge is 0.491 e. The molecule has 0 radical (unpaired) electrons. The maximum Gasteiger partial charge on any atom is 0.253 e. The summed E-state index contributed by atoms with van der Waals surface area (Å²) in [6.07, 6.45) is 1.19. The van der Waals surface area contributed by atoms with Crippen molar-refractivity contribution >= 4 is 5.91 Å². The summed E-state index contributed by atoms with van der Waals surface area (Å²) in [5, 5.41) is 9.49. The van der Waals surface area contributed by atoms with E-state index in [0.29, 0.717) is 31.5 Å². The fourth-order valence-corrected chi connectivity index (χ4v) is 2.42. The number of piperidine rings is 1. The summed E-state index contributed by atoms with van der Waals surface area (Å²) in [5.74, 6) is 0.863. The minimum atomic E-state index is -0.261. The quantitative estimate of drug-likeness (QED) is 0.923. The van der Waals surface area contributed by atoms with Gasteiger partial charge in [-0.25, -0.2) is 0 Å². The molecule has 0 atom stereocenters. The highest BCUT2D eigenvalue weighted by Gasteiger charge is 2.22. The molecule has 0 aromatic heterocycles. The van der Waals surface area contributed by atoms with E-state index in [1.165, 1.54) is 0 Å². The van der Waals surface area contributed by atoms with Crippen molar-refractivity contribution in [2.45, 2.75) is 45.8 Å². The molecule has 1 N–H and O–H groups in total. The van der Waals surface area contributed by atoms with Crippen molar-refractivity contribution in [3.8, 4) is 5.75 Å². The molecule has 20 heavy (non-hydrogen) atoms. The van der Waals surface area contributed by atoms with E-state index in [-0.39, 0.29) is 18.1 Å². The van der Waals surface area contributed by atoms with E-state index in [4.69, 9.17) is 4.74 Å². The van der Waals surface area contributed by atoms with Crippen molar-refractivity contribution in [3.05, 3.63) is 29.3 Å². The average Bonchev–Trinajstić information content (AvgIpc) is 2.41. The van der Waals surface area contributed by atoms with E-state index in [9.17, 15) is 9.90 Å². The summed E-state index contributed by atoms with van der Waals surface area (Å²) in [4.78, 5) is 14.2. The van der Waals surface area contributed by atoms with Gasteiger partial charge in [0.1, 0.15) is 5.75 Å². The number of hydrogen-bond acceptors (Lipinski definition) is 3. The average molecular weight is 277 g/mol. The van der Waals surface area contributed by atoms with Crippen LogP contribution in [0.15, 0.2) is 18.2 Å². The molecule has 2 rings (SSSR count). The number of aliphatic hydroxyl groups is 1. The van der Waals surface area contributed by atoms with Crippen LogP contribution in [0.3, 0.4) is 0 Å². The zero-order valence-electron chi connectivity index (χ0n) is 12.4. The fraction of sp³-hybridized carbons (Fsp3) is 0.562. The van der Waals surface area contributed by atoms with Crippen LogP contribution in [0.2, 0.25) is 0 Å². The molecule has 0 spiro atoms. The molecule has 0 unspecified atom stereocenters. The van der Waals surface area contributed by atoms with E-state index in [1.807, 2.05) is 43.9 Å². The topological polar surface area (TPSA) is 49.8 Å². The van der Waals surface area contributed by atoms with Gasteiger partial charge in [-0.1, -0.05) is 0 Å². The summed E-state index contributed by atoms with van der Waals surface area (Å²) >= 11 is 0. The zero-order valence-corrected chi connectivity index (χ0v) is 12.4. The van der Waals surface area contributed by atoms with Gasteiger partial charge in [0.15, 0.2) is 0 Å². The number of carbonyl (C=O) groups excluding carboxylic acids is 1. The summed E-state index contributed by atoms with van der Waals surface area (Å²) in [7, 11) is 0. The van der Waals surface area contributed by atoms with Gasteiger partial charge in [-0.2, -0.15) is 0 Å². The molecule has 1 aromatic carbocycles. The van der Waals surface area contributed by atoms with Gasteiger partial charge in [-0.15, -0.1) is 0 Å². The standard InChI is InChI=1S/C16H23NO3/c1-11(2)20-15-5-4-13(10-12(15)3)16(19)17-8-6-14(18)7-9-17/h4-5,10-11,14,18H,6-9H2,1-3H3. The SMILES string of the molecule is Cc1cc(C(=O)N2CCC(O)CC2)ccc1OC(C)C. The van der Waals surface area contributed by atoms with Crippen LogP contribution in [0.4, 0.5) is 0 Å². The number of benzene rings is 1. The minimum absolute atomic E-state index is 0.0381. The Labute approximate surface area is 120 Å². The van der Waals surface area contributed by atoms with Crippen LogP contribution in [-0.2, 0) is 0 Å². The minimum Gasteiger partial charge on any atom is -0.491 e. The first-order valence-corrected chi connectivity index (χ1v) is 7.22. The second-order valence-electron chi connectivity index (χ2n) is 5.67. The number of hydrogen-bond donors (Lipinski definition) is 1. The highest BCUT2D eigenvalue weighted by atomic mass is 16.5. The molecule has 4 heteroatoms. The Morgan fingerprint density at radius 1 is 1.35 bits per heavy atom. The molecule has 0 aliphatic carbocycles. The summed E-state index contributed by atoms with van der Waals surface area (Å²) in [6.45, 7) is 7.18. The second-order valence-corrected chi connectivity index (χ2v) is 5.67. The Kier molecular flexibility index (Phi) is 4.65. The summed E-state index contributed by atoms with van der Waals surface area (Å²) in [6, 6.07) is 5.56. The highest BCUT2D eigenvalue weighted by molar-refractivity contribution is 5.94. The van der Waals surface area contributed by atoms with Crippen LogP contribution in [0, 0.1) is 6.92 Å². The smallest absolute Gasteiger partial charge is 0.253 e. The Morgan fingerprint density at radius 2 is 2.00 bits per heavy atom. The van der Waals surface area contributed by atoms with Gasteiger partial charge in [0, 0.05) is 18.7 Å². The normalized spacial score (nSPS) is 16.6. The van der Waals surface area contributed by atoms with E-state index >= 15 is 0 Å². The molecule has 110 valence electrons. The molecule has 0 bridgehead atoms. The lowest BCUT2D eigenvalue weighted by atomic mass is 10.1. The molecule has 1 aliphatic heterocycles. The van der Waals surface area contributed by atoms with Gasteiger partial charge in [0.05, 0.1) is 12.2 Å². The second kappa shape index (κ2) is 6.27. The third kappa shape index (κ3) is 3.51. The zero-order chi connectivity index (χ0) is 14.7. The highest BCUT2D eigenvalue weighted by Crippen LogP contribution is 2.22. The molecular formula is C16H23NO3. The van der Waals surface area contributed by atoms with Gasteiger partial charge < -0.3 is 14.7 Å². The van der Waals surface area contributed by atoms with Crippen LogP contribution in [0.5, 0.6) is 5.75 Å². The first-order chi connectivity index (χ1) is 9.47. The molecule has 1 heterocycles. The fourth-order valence-electron chi connectivity index (χ4n) is 2.42. The molecule has 1 aliphatic rings. The number of amides is 1. The number of rotatable bonds is 3. The summed E-state index contributed by atoms with van der Waals surface area (Å²) < 4.78 is 5.68. The van der Waals surface area contributed by atoms with Crippen LogP contribution >= 0.6 is 0 Å². The Morgan fingerprint density at radius 3 is 2.55 bits per heavy atom. The third-order valence-electron chi connectivity index (χ3n) is 3.54. The number of aryl methyl sites for hydroxylation is 1. The van der Waals surface area contributed by atoms with Crippen molar-refractivity contribution in [2.24, 2.45) is 0 Å². The number of carbonyl (C=O) groups is 1. The van der Waals surface area contributed by atoms with Crippen LogP contribution in [-0.4, -0.2) is 41.2 Å². The number of ether oxygens (including phenoxy) is 1. The molecular weight excluding hydrogens is 254 g/mol. The van der Waals surface area contributed by atoms with Crippen LogP contribution < -0.4 is 4.74 Å². The molecule has 1 saturated heterocycles. The molecule has 0 saturated carbocycles. The lowest BCUT2D eigenvalue weighted by molar-refractivity contribution is 0.0546. The van der Waals surface area contributed by atoms with Crippen molar-refractivity contribution in [2.75, 3.05) is 13.1 Å². The van der Waals surface area contributed by atoms with Crippen molar-refractivity contribution < 1.29 is 14.6 Å². The van der Waals surface area contributed by atoms with Crippen molar-refractivity contribution in [1.29, 1.82) is 0 Å². The number of aliphatic hydroxyl groups excluding tert-OH is 1. The molecule has 1 amide bonds. The van der Waals surface area contributed by atoms with E-state index < -0.39 is 0 Å². The van der Waals surface area contributed by atoms with Gasteiger partial charge in [0.2, 0.25) is 0 Å². The maximum absolute atomic E-state index is 12.4. The number of nitrogens with zero attached hydrogens (tertiary/aromatic N) is 1. The lowest BCUT2D eigenvalue weighted by Gasteiger charge is -2.29. The Hall–Kier alpha value is -1.55. The Bertz CT molecular complexity index is 477. The third-order valence-corrected chi connectivity index (χ3v) is 3.54. The maximum atomic E-state index is 12.4. The first kappa shape index (κ1) is 14.9. The molecule has 1 fully saturated rings. The first-order valence-electron chi connectivity index (χ1n) is 7.22. The summed E-state index contributed by atoms with van der Waals surface area (Å²) in [5.41, 5.74) is 1.66. The van der Waals surface area contributed by atoms with Gasteiger partial charge in [0.25, 0.3) is 5.91 Å². The Balaban J connectivity index is 2.09. The van der Waals surface area contributed by atoms with Gasteiger partial charge in [-0.3, -0.25) is 4.79 Å². The van der Waals surface area contributed by atoms with E-state index in [1.54, 1.807) is 0 Å². The monoisotopic (exact) mass is 277 g/mol. The predicted molar refractivity (Wildman–Crippen MR) is 78.1 cm³/mol. The van der Waals surface area contributed by atoms with Crippen molar-refractivity contribution in [1.82, 2.24) is 4.90 Å². The van der Waals surface area contributed by atoms with E-state index in [2.05, 4.69) is 0 Å². The molecule has 4 nitrogen and oxygen atoms in total. The lowest BCUT2D eigenvalue weighted by Crippen LogP contribution is -2.40. The predicted octanol–water partition coefficient (Wildman–Crippen LogP) is 2.38.